The Kier molecular flexibility index (Phi) is 5.70. The highest BCUT2D eigenvalue weighted by Crippen LogP contribution is 2.30. The highest BCUT2D eigenvalue weighted by Gasteiger charge is 2.27. The van der Waals surface area contributed by atoms with Gasteiger partial charge in [0.2, 0.25) is 0 Å². The number of rotatable bonds is 5. The molecule has 0 radical (unpaired) electrons. The summed E-state index contributed by atoms with van der Waals surface area (Å²) >= 11 is 6.00. The molecule has 0 saturated carbocycles. The minimum Gasteiger partial charge on any atom is -0.350 e. The molecule has 0 spiro atoms. The normalized spacial score (nSPS) is 11.6. The van der Waals surface area contributed by atoms with Gasteiger partial charge in [-0.2, -0.15) is 5.10 Å². The molecule has 0 fully saturated rings. The summed E-state index contributed by atoms with van der Waals surface area (Å²) in [6.07, 6.45) is 0. The summed E-state index contributed by atoms with van der Waals surface area (Å²) < 4.78 is 1.88. The number of nitrogens with zero attached hydrogens (tertiary/aromatic N) is 2. The second kappa shape index (κ2) is 7.39. The molecule has 0 aliphatic heterocycles. The van der Waals surface area contributed by atoms with Crippen LogP contribution in [-0.4, -0.2) is 21.7 Å². The summed E-state index contributed by atoms with van der Waals surface area (Å²) in [6.45, 7) is 12.2. The Labute approximate surface area is 149 Å². The van der Waals surface area contributed by atoms with Crippen LogP contribution in [-0.2, 0) is 0 Å². The van der Waals surface area contributed by atoms with Crippen molar-refractivity contribution in [3.63, 3.8) is 0 Å². The van der Waals surface area contributed by atoms with E-state index in [-0.39, 0.29) is 23.8 Å². The van der Waals surface area contributed by atoms with Crippen LogP contribution >= 0.6 is 11.6 Å². The molecule has 0 aliphatic carbocycles. The van der Waals surface area contributed by atoms with Gasteiger partial charge in [-0.25, -0.2) is 4.68 Å². The van der Waals surface area contributed by atoms with Gasteiger partial charge in [0.05, 0.1) is 22.6 Å². The molecule has 2 aromatic rings. The third kappa shape index (κ3) is 3.81. The monoisotopic (exact) mass is 347 g/mol. The van der Waals surface area contributed by atoms with Gasteiger partial charge < -0.3 is 5.32 Å². The molecule has 1 aromatic heterocycles. The number of hydrogen-bond donors (Lipinski definition) is 1. The summed E-state index contributed by atoms with van der Waals surface area (Å²) in [5.74, 6) is 0.259. The molecule has 1 heterocycles. The van der Waals surface area contributed by atoms with Crippen LogP contribution in [0.5, 0.6) is 0 Å². The number of nitrogens with one attached hydrogen (secondary N) is 1. The van der Waals surface area contributed by atoms with E-state index in [2.05, 4.69) is 33.0 Å². The summed E-state index contributed by atoms with van der Waals surface area (Å²) in [5.41, 5.74) is 3.36. The van der Waals surface area contributed by atoms with Gasteiger partial charge in [0.25, 0.3) is 5.91 Å². The molecule has 0 saturated heterocycles. The van der Waals surface area contributed by atoms with Gasteiger partial charge in [-0.1, -0.05) is 39.3 Å². The first-order chi connectivity index (χ1) is 11.2. The van der Waals surface area contributed by atoms with Crippen molar-refractivity contribution in [1.82, 2.24) is 15.1 Å². The lowest BCUT2D eigenvalue weighted by atomic mass is 9.98. The Morgan fingerprint density at radius 2 is 1.62 bits per heavy atom. The van der Waals surface area contributed by atoms with Crippen LogP contribution in [0.3, 0.4) is 0 Å². The van der Waals surface area contributed by atoms with Crippen LogP contribution in [0.2, 0.25) is 5.02 Å². The molecule has 0 aliphatic rings. The van der Waals surface area contributed by atoms with E-state index in [0.717, 1.165) is 17.1 Å². The van der Waals surface area contributed by atoms with Gasteiger partial charge in [0.15, 0.2) is 0 Å². The maximum absolute atomic E-state index is 12.8. The van der Waals surface area contributed by atoms with E-state index in [4.69, 9.17) is 16.7 Å². The fraction of sp³-hybridized carbons (Fsp3) is 0.474. The molecule has 0 bridgehead atoms. The van der Waals surface area contributed by atoms with Gasteiger partial charge >= 0.3 is 0 Å². The standard InChI is InChI=1S/C19H26ClN3O/c1-11(2)17-16(19(24)21-13(5)6)18(12(3)4)23(22-17)15-9-7-14(20)8-10-15/h7-13H,1-6H3,(H,21,24). The lowest BCUT2D eigenvalue weighted by Gasteiger charge is -2.15. The van der Waals surface area contributed by atoms with Crippen LogP contribution in [0, 0.1) is 0 Å². The molecule has 0 unspecified atom stereocenters. The molecule has 130 valence electrons. The van der Waals surface area contributed by atoms with Crippen LogP contribution in [0.25, 0.3) is 5.69 Å². The number of carbonyl (C=O) groups is 1. The van der Waals surface area contributed by atoms with Crippen molar-refractivity contribution in [2.24, 2.45) is 0 Å². The van der Waals surface area contributed by atoms with Gasteiger partial charge in [0, 0.05) is 11.1 Å². The molecular formula is C19H26ClN3O. The molecular weight excluding hydrogens is 322 g/mol. The zero-order chi connectivity index (χ0) is 18.0. The maximum Gasteiger partial charge on any atom is 0.255 e. The Morgan fingerprint density at radius 3 is 2.08 bits per heavy atom. The summed E-state index contributed by atoms with van der Waals surface area (Å²) in [5, 5.41) is 8.46. The van der Waals surface area contributed by atoms with Crippen molar-refractivity contribution < 1.29 is 4.79 Å². The Balaban J connectivity index is 2.68. The van der Waals surface area contributed by atoms with Gasteiger partial charge in [-0.15, -0.1) is 0 Å². The third-order valence-electron chi connectivity index (χ3n) is 3.76. The highest BCUT2D eigenvalue weighted by atomic mass is 35.5. The van der Waals surface area contributed by atoms with Crippen molar-refractivity contribution in [3.05, 3.63) is 46.2 Å². The summed E-state index contributed by atoms with van der Waals surface area (Å²) in [6, 6.07) is 7.61. The van der Waals surface area contributed by atoms with Crippen molar-refractivity contribution in [1.29, 1.82) is 0 Å². The molecule has 4 nitrogen and oxygen atoms in total. The van der Waals surface area contributed by atoms with Gasteiger partial charge in [0.1, 0.15) is 0 Å². The fourth-order valence-electron chi connectivity index (χ4n) is 2.73. The van der Waals surface area contributed by atoms with Crippen LogP contribution in [0.1, 0.15) is 75.1 Å². The topological polar surface area (TPSA) is 46.9 Å². The molecule has 2 rings (SSSR count). The third-order valence-corrected chi connectivity index (χ3v) is 4.01. The zero-order valence-electron chi connectivity index (χ0n) is 15.2. The van der Waals surface area contributed by atoms with E-state index >= 15 is 0 Å². The molecule has 0 atom stereocenters. The molecule has 5 heteroatoms. The Bertz CT molecular complexity index is 715. The van der Waals surface area contributed by atoms with Gasteiger partial charge in [-0.05, 0) is 49.9 Å². The minimum absolute atomic E-state index is 0.0578. The van der Waals surface area contributed by atoms with Crippen LogP contribution in [0.4, 0.5) is 0 Å². The lowest BCUT2D eigenvalue weighted by Crippen LogP contribution is -2.31. The first-order valence-corrected chi connectivity index (χ1v) is 8.79. The Morgan fingerprint density at radius 1 is 1.04 bits per heavy atom. The van der Waals surface area contributed by atoms with Crippen LogP contribution in [0.15, 0.2) is 24.3 Å². The second-order valence-corrected chi connectivity index (χ2v) is 7.41. The number of carbonyl (C=O) groups excluding carboxylic acids is 1. The Hall–Kier alpha value is -1.81. The lowest BCUT2D eigenvalue weighted by molar-refractivity contribution is 0.0940. The number of benzene rings is 1. The average molecular weight is 348 g/mol. The van der Waals surface area contributed by atoms with E-state index in [9.17, 15) is 4.79 Å². The SMILES string of the molecule is CC(C)NC(=O)c1c(C(C)C)nn(-c2ccc(Cl)cc2)c1C(C)C. The second-order valence-electron chi connectivity index (χ2n) is 6.97. The van der Waals surface area contributed by atoms with Crippen molar-refractivity contribution >= 4 is 17.5 Å². The first-order valence-electron chi connectivity index (χ1n) is 8.42. The van der Waals surface area contributed by atoms with Gasteiger partial charge in [-0.3, -0.25) is 4.79 Å². The van der Waals surface area contributed by atoms with Crippen molar-refractivity contribution in [2.75, 3.05) is 0 Å². The van der Waals surface area contributed by atoms with E-state index in [1.54, 1.807) is 0 Å². The fourth-order valence-corrected chi connectivity index (χ4v) is 2.86. The summed E-state index contributed by atoms with van der Waals surface area (Å²) in [7, 11) is 0. The molecule has 1 N–H and O–H groups in total. The van der Waals surface area contributed by atoms with Crippen molar-refractivity contribution in [2.45, 2.75) is 59.4 Å². The quantitative estimate of drug-likeness (QED) is 0.835. The number of aromatic nitrogens is 2. The molecule has 1 amide bonds. The van der Waals surface area contributed by atoms with E-state index in [1.807, 2.05) is 42.8 Å². The predicted octanol–water partition coefficient (Wildman–Crippen LogP) is 4.91. The zero-order valence-corrected chi connectivity index (χ0v) is 16.0. The van der Waals surface area contributed by atoms with E-state index in [1.165, 1.54) is 0 Å². The highest BCUT2D eigenvalue weighted by molar-refractivity contribution is 6.30. The average Bonchev–Trinajstić information content (AvgIpc) is 2.88. The number of amides is 1. The van der Waals surface area contributed by atoms with E-state index < -0.39 is 0 Å². The van der Waals surface area contributed by atoms with Crippen LogP contribution < -0.4 is 5.32 Å². The molecule has 24 heavy (non-hydrogen) atoms. The smallest absolute Gasteiger partial charge is 0.255 e. The number of hydrogen-bond acceptors (Lipinski definition) is 2. The number of halogens is 1. The van der Waals surface area contributed by atoms with E-state index in [0.29, 0.717) is 10.6 Å². The van der Waals surface area contributed by atoms with Crippen molar-refractivity contribution in [3.8, 4) is 5.69 Å². The molecule has 1 aromatic carbocycles. The maximum atomic E-state index is 12.8. The minimum atomic E-state index is -0.0578. The largest absolute Gasteiger partial charge is 0.350 e. The first kappa shape index (κ1) is 18.5. The summed E-state index contributed by atoms with van der Waals surface area (Å²) in [4.78, 5) is 12.8. The predicted molar refractivity (Wildman–Crippen MR) is 99.4 cm³/mol.